The third-order valence-electron chi connectivity index (χ3n) is 6.69. The van der Waals surface area contributed by atoms with Gasteiger partial charge in [0.05, 0.1) is 10.2 Å². The Morgan fingerprint density at radius 1 is 1.18 bits per heavy atom. The first kappa shape index (κ1) is 28.7. The number of halogens is 1. The van der Waals surface area contributed by atoms with E-state index in [-0.39, 0.29) is 0 Å². The van der Waals surface area contributed by atoms with Crippen LogP contribution in [0.2, 0.25) is 0 Å². The van der Waals surface area contributed by atoms with E-state index in [1.807, 2.05) is 19.1 Å². The fraction of sp³-hybridized carbons (Fsp3) is 0.464. The number of aryl methyl sites for hydroxylation is 3. The predicted octanol–water partition coefficient (Wildman–Crippen LogP) is 4.35. The van der Waals surface area contributed by atoms with Gasteiger partial charge in [0.2, 0.25) is 5.95 Å². The van der Waals surface area contributed by atoms with E-state index in [1.54, 1.807) is 18.6 Å². The number of aromatic nitrogens is 4. The molecule has 3 aromatic rings. The molecule has 1 unspecified atom stereocenters. The van der Waals surface area contributed by atoms with Crippen LogP contribution >= 0.6 is 15.9 Å². The monoisotopic (exact) mass is 597 g/mol. The van der Waals surface area contributed by atoms with Gasteiger partial charge in [0.1, 0.15) is 24.2 Å². The van der Waals surface area contributed by atoms with Crippen LogP contribution in [0.3, 0.4) is 0 Å². The Bertz CT molecular complexity index is 1210. The number of carbonyl (C=O) groups is 1. The fourth-order valence-electron chi connectivity index (χ4n) is 4.50. The molecule has 0 bridgehead atoms. The highest BCUT2D eigenvalue weighted by molar-refractivity contribution is 9.10. The number of nitrogens with one attached hydrogen (secondary N) is 2. The number of carboxylic acid groups (broad SMARTS) is 1. The van der Waals surface area contributed by atoms with E-state index in [2.05, 4.69) is 58.5 Å². The maximum atomic E-state index is 11.9. The molecular weight excluding hydrogens is 562 g/mol. The molecule has 0 aliphatic carbocycles. The maximum absolute atomic E-state index is 11.9. The van der Waals surface area contributed by atoms with Crippen LogP contribution in [0.1, 0.15) is 42.6 Å². The second kappa shape index (κ2) is 14.7. The SMILES string of the molecule is Cc1ncccc1OCCN(CCCCc1ccc2c(n1)NCCC2)CCC(Nc1ncc(Br)cn1)C(=O)O. The summed E-state index contributed by atoms with van der Waals surface area (Å²) in [6.45, 7) is 5.50. The zero-order valence-electron chi connectivity index (χ0n) is 22.3. The lowest BCUT2D eigenvalue weighted by molar-refractivity contribution is -0.138. The topological polar surface area (TPSA) is 125 Å². The number of fused-ring (bicyclic) bond motifs is 1. The summed E-state index contributed by atoms with van der Waals surface area (Å²) in [4.78, 5) is 31.6. The summed E-state index contributed by atoms with van der Waals surface area (Å²) in [6, 6.07) is 7.30. The van der Waals surface area contributed by atoms with E-state index in [0.29, 0.717) is 32.1 Å². The molecule has 3 aromatic heterocycles. The summed E-state index contributed by atoms with van der Waals surface area (Å²) in [5.74, 6) is 1.16. The number of aliphatic carboxylic acids is 1. The van der Waals surface area contributed by atoms with E-state index in [9.17, 15) is 9.90 Å². The lowest BCUT2D eigenvalue weighted by Crippen LogP contribution is -2.37. The second-order valence-corrected chi connectivity index (χ2v) is 10.5. The van der Waals surface area contributed by atoms with Gasteiger partial charge in [-0.15, -0.1) is 0 Å². The van der Waals surface area contributed by atoms with Crippen LogP contribution in [0.15, 0.2) is 47.3 Å². The Hall–Kier alpha value is -3.31. The van der Waals surface area contributed by atoms with Crippen molar-refractivity contribution < 1.29 is 14.6 Å². The third kappa shape index (κ3) is 9.14. The maximum Gasteiger partial charge on any atom is 0.326 e. The summed E-state index contributed by atoms with van der Waals surface area (Å²) in [7, 11) is 0. The van der Waals surface area contributed by atoms with E-state index in [1.165, 1.54) is 5.56 Å². The van der Waals surface area contributed by atoms with Crippen molar-refractivity contribution in [2.24, 2.45) is 0 Å². The van der Waals surface area contributed by atoms with Crippen molar-refractivity contribution in [2.75, 3.05) is 43.4 Å². The highest BCUT2D eigenvalue weighted by Crippen LogP contribution is 2.20. The molecule has 208 valence electrons. The number of hydrogen-bond acceptors (Lipinski definition) is 9. The Kier molecular flexibility index (Phi) is 10.8. The molecule has 0 saturated carbocycles. The van der Waals surface area contributed by atoms with Gasteiger partial charge >= 0.3 is 5.97 Å². The quantitative estimate of drug-likeness (QED) is 0.218. The second-order valence-electron chi connectivity index (χ2n) is 9.62. The van der Waals surface area contributed by atoms with Gasteiger partial charge < -0.3 is 20.5 Å². The number of pyridine rings is 2. The number of ether oxygens (including phenoxy) is 1. The van der Waals surface area contributed by atoms with Crippen LogP contribution in [-0.2, 0) is 17.6 Å². The zero-order valence-corrected chi connectivity index (χ0v) is 23.9. The summed E-state index contributed by atoms with van der Waals surface area (Å²) in [5, 5.41) is 16.1. The van der Waals surface area contributed by atoms with Crippen LogP contribution in [-0.4, -0.2) is 74.7 Å². The van der Waals surface area contributed by atoms with Crippen molar-refractivity contribution in [3.05, 3.63) is 64.3 Å². The molecule has 4 rings (SSSR count). The van der Waals surface area contributed by atoms with E-state index in [0.717, 1.165) is 72.6 Å². The lowest BCUT2D eigenvalue weighted by Gasteiger charge is -2.24. The largest absolute Gasteiger partial charge is 0.490 e. The van der Waals surface area contributed by atoms with Crippen molar-refractivity contribution in [3.63, 3.8) is 0 Å². The zero-order chi connectivity index (χ0) is 27.5. The Morgan fingerprint density at radius 3 is 2.82 bits per heavy atom. The van der Waals surface area contributed by atoms with Crippen molar-refractivity contribution >= 4 is 33.7 Å². The molecule has 0 radical (unpaired) electrons. The first-order chi connectivity index (χ1) is 19.0. The molecule has 4 heterocycles. The predicted molar refractivity (Wildman–Crippen MR) is 154 cm³/mol. The van der Waals surface area contributed by atoms with Gasteiger partial charge in [-0.05, 0) is 91.7 Å². The molecule has 0 amide bonds. The van der Waals surface area contributed by atoms with Gasteiger partial charge in [0.25, 0.3) is 0 Å². The minimum Gasteiger partial charge on any atom is -0.490 e. The smallest absolute Gasteiger partial charge is 0.326 e. The molecule has 39 heavy (non-hydrogen) atoms. The van der Waals surface area contributed by atoms with E-state index < -0.39 is 12.0 Å². The van der Waals surface area contributed by atoms with E-state index >= 15 is 0 Å². The molecule has 1 atom stereocenters. The van der Waals surface area contributed by atoms with Gasteiger partial charge in [-0.2, -0.15) is 0 Å². The highest BCUT2D eigenvalue weighted by Gasteiger charge is 2.20. The number of anilines is 2. The number of carboxylic acids is 1. The van der Waals surface area contributed by atoms with Gasteiger partial charge in [-0.1, -0.05) is 6.07 Å². The Balaban J connectivity index is 1.30. The molecule has 1 aliphatic heterocycles. The van der Waals surface area contributed by atoms with Crippen molar-refractivity contribution in [2.45, 2.75) is 51.5 Å². The van der Waals surface area contributed by atoms with Crippen molar-refractivity contribution in [1.29, 1.82) is 0 Å². The summed E-state index contributed by atoms with van der Waals surface area (Å²) < 4.78 is 6.71. The van der Waals surface area contributed by atoms with Crippen LogP contribution in [0.25, 0.3) is 0 Å². The first-order valence-corrected chi connectivity index (χ1v) is 14.2. The molecule has 3 N–H and O–H groups in total. The summed E-state index contributed by atoms with van der Waals surface area (Å²) in [5.41, 5.74) is 3.26. The van der Waals surface area contributed by atoms with E-state index in [4.69, 9.17) is 9.72 Å². The number of rotatable bonds is 15. The number of nitrogens with zero attached hydrogens (tertiary/aromatic N) is 5. The van der Waals surface area contributed by atoms with Crippen LogP contribution in [0, 0.1) is 6.92 Å². The molecule has 0 saturated heterocycles. The van der Waals surface area contributed by atoms with Crippen molar-refractivity contribution in [1.82, 2.24) is 24.8 Å². The highest BCUT2D eigenvalue weighted by atomic mass is 79.9. The summed E-state index contributed by atoms with van der Waals surface area (Å²) >= 11 is 3.30. The normalized spacial score (nSPS) is 13.4. The van der Waals surface area contributed by atoms with Crippen LogP contribution in [0.4, 0.5) is 11.8 Å². The molecule has 0 aromatic carbocycles. The molecular formula is C28H36BrN7O3. The summed E-state index contributed by atoms with van der Waals surface area (Å²) in [6.07, 6.45) is 10.5. The van der Waals surface area contributed by atoms with Crippen molar-refractivity contribution in [3.8, 4) is 5.75 Å². The van der Waals surface area contributed by atoms with Gasteiger partial charge in [0.15, 0.2) is 0 Å². The average molecular weight is 599 g/mol. The first-order valence-electron chi connectivity index (χ1n) is 13.4. The van der Waals surface area contributed by atoms with Gasteiger partial charge in [-0.3, -0.25) is 9.88 Å². The minimum atomic E-state index is -0.934. The molecule has 10 nitrogen and oxygen atoms in total. The van der Waals surface area contributed by atoms with Crippen LogP contribution < -0.4 is 15.4 Å². The minimum absolute atomic E-state index is 0.291. The number of unbranched alkanes of at least 4 members (excludes halogenated alkanes) is 1. The molecule has 1 aliphatic rings. The standard InChI is InChI=1S/C28H36BrN7O3/c1-20-25(8-5-12-30-20)39-17-16-36(15-11-24(27(37)38)35-28-32-18-22(29)19-33-28)14-3-2-7-23-10-9-21-6-4-13-31-26(21)34-23/h5,8-10,12,18-19,24H,2-4,6-7,11,13-17H2,1H3,(H,31,34)(H,37,38)(H,32,33,35). The third-order valence-corrected chi connectivity index (χ3v) is 7.10. The lowest BCUT2D eigenvalue weighted by atomic mass is 10.1. The Morgan fingerprint density at radius 2 is 2.03 bits per heavy atom. The average Bonchev–Trinajstić information content (AvgIpc) is 2.94. The molecule has 0 spiro atoms. The Labute approximate surface area is 237 Å². The van der Waals surface area contributed by atoms with Crippen LogP contribution in [0.5, 0.6) is 5.75 Å². The van der Waals surface area contributed by atoms with Gasteiger partial charge in [-0.25, -0.2) is 19.7 Å². The van der Waals surface area contributed by atoms with Gasteiger partial charge in [0, 0.05) is 43.9 Å². The molecule has 11 heteroatoms. The fourth-order valence-corrected chi connectivity index (χ4v) is 4.71. The molecule has 0 fully saturated rings. The number of hydrogen-bond donors (Lipinski definition) is 3.